The summed E-state index contributed by atoms with van der Waals surface area (Å²) in [7, 11) is 0. The van der Waals surface area contributed by atoms with E-state index in [1.54, 1.807) is 6.92 Å². The quantitative estimate of drug-likeness (QED) is 0.280. The highest BCUT2D eigenvalue weighted by atomic mass is 35.7. The molecule has 0 fully saturated rings. The number of ether oxygens (including phenoxy) is 1. The maximum atomic E-state index is 12.6. The van der Waals surface area contributed by atoms with Crippen molar-refractivity contribution in [2.45, 2.75) is 43.9 Å². The molecular weight excluding hydrogens is 325 g/mol. The van der Waals surface area contributed by atoms with Crippen LogP contribution in [0.2, 0.25) is 12.1 Å². The summed E-state index contributed by atoms with van der Waals surface area (Å²) in [6.45, 7) is -1.56. The van der Waals surface area contributed by atoms with Crippen LogP contribution >= 0.6 is 22.2 Å². The molecule has 0 spiro atoms. The summed E-state index contributed by atoms with van der Waals surface area (Å²) < 4.78 is 76.5. The van der Waals surface area contributed by atoms with Gasteiger partial charge in [0.05, 0.1) is 6.61 Å². The number of hydrogen-bond donors (Lipinski definition) is 0. The van der Waals surface area contributed by atoms with Gasteiger partial charge in [0.25, 0.3) is 12.9 Å². The number of alkyl halides is 6. The van der Waals surface area contributed by atoms with Crippen LogP contribution in [0.1, 0.15) is 13.3 Å². The number of halogens is 8. The molecule has 0 heterocycles. The first-order valence-corrected chi connectivity index (χ1v) is 9.46. The van der Waals surface area contributed by atoms with Crippen LogP contribution in [-0.2, 0) is 4.74 Å². The van der Waals surface area contributed by atoms with Crippen molar-refractivity contribution in [2.75, 3.05) is 6.61 Å². The molecule has 0 aliphatic carbocycles. The van der Waals surface area contributed by atoms with Gasteiger partial charge in [0.2, 0.25) is 0 Å². The molecule has 0 bridgehead atoms. The molecule has 0 saturated carbocycles. The van der Waals surface area contributed by atoms with Crippen LogP contribution in [0.15, 0.2) is 0 Å². The van der Waals surface area contributed by atoms with Crippen LogP contribution in [-0.4, -0.2) is 31.8 Å². The van der Waals surface area contributed by atoms with Crippen LogP contribution in [0, 0.1) is 0 Å². The van der Waals surface area contributed by atoms with E-state index in [2.05, 4.69) is 4.74 Å². The van der Waals surface area contributed by atoms with Gasteiger partial charge in [-0.05, 0) is 18.5 Å². The van der Waals surface area contributed by atoms with Crippen LogP contribution < -0.4 is 0 Å². The highest BCUT2D eigenvalue weighted by molar-refractivity contribution is 7.45. The summed E-state index contributed by atoms with van der Waals surface area (Å²) in [5.41, 5.74) is 0. The van der Waals surface area contributed by atoms with Gasteiger partial charge in [0, 0.05) is 0 Å². The van der Waals surface area contributed by atoms with E-state index in [0.717, 1.165) is 0 Å². The summed E-state index contributed by atoms with van der Waals surface area (Å²) >= 11 is 11.6. The minimum atomic E-state index is -5.66. The average molecular weight is 337 g/mol. The lowest BCUT2D eigenvalue weighted by Gasteiger charge is -2.23. The summed E-state index contributed by atoms with van der Waals surface area (Å²) in [6, 6.07) is 0.659. The molecule has 0 amide bonds. The SMILES string of the molecule is CC[Si](Cl)(Cl)CCCOC(F)(F)C(F)C(F)(F)F. The molecule has 0 aliphatic rings. The van der Waals surface area contributed by atoms with Crippen molar-refractivity contribution in [1.29, 1.82) is 0 Å². The summed E-state index contributed by atoms with van der Waals surface area (Å²) in [5, 5.41) is 0. The largest absolute Gasteiger partial charge is 0.428 e. The van der Waals surface area contributed by atoms with E-state index in [4.69, 9.17) is 22.2 Å². The van der Waals surface area contributed by atoms with E-state index < -0.39 is 31.8 Å². The second kappa shape index (κ2) is 6.67. The third-order valence-corrected chi connectivity index (χ3v) is 6.94. The van der Waals surface area contributed by atoms with Gasteiger partial charge in [-0.25, -0.2) is 4.39 Å². The fourth-order valence-corrected chi connectivity index (χ4v) is 2.80. The van der Waals surface area contributed by atoms with E-state index in [0.29, 0.717) is 6.04 Å². The summed E-state index contributed by atoms with van der Waals surface area (Å²) in [6.07, 6.45) is -14.9. The van der Waals surface area contributed by atoms with E-state index in [-0.39, 0.29) is 12.5 Å². The molecule has 10 heteroatoms. The van der Waals surface area contributed by atoms with Gasteiger partial charge in [0.15, 0.2) is 0 Å². The van der Waals surface area contributed by atoms with Gasteiger partial charge in [-0.1, -0.05) is 6.92 Å². The fraction of sp³-hybridized carbons (Fsp3) is 1.00. The first-order chi connectivity index (χ1) is 7.92. The smallest absolute Gasteiger partial charge is 0.318 e. The van der Waals surface area contributed by atoms with E-state index in [1.165, 1.54) is 0 Å². The van der Waals surface area contributed by atoms with Gasteiger partial charge in [-0.15, -0.1) is 22.2 Å². The lowest BCUT2D eigenvalue weighted by atomic mass is 10.3. The molecule has 1 nitrogen and oxygen atoms in total. The van der Waals surface area contributed by atoms with Crippen molar-refractivity contribution >= 4 is 28.9 Å². The van der Waals surface area contributed by atoms with E-state index >= 15 is 0 Å². The van der Waals surface area contributed by atoms with Gasteiger partial charge in [0.1, 0.15) is 0 Å². The Labute approximate surface area is 111 Å². The molecule has 0 saturated heterocycles. The average Bonchev–Trinajstić information content (AvgIpc) is 2.22. The topological polar surface area (TPSA) is 9.23 Å². The standard InChI is InChI=1S/C8H12Cl2F6OSi/c1-2-18(9,10)5-3-4-17-8(15,16)6(11)7(12,13)14/h6H,2-5H2,1H3. The zero-order valence-corrected chi connectivity index (χ0v) is 11.8. The second-order valence-electron chi connectivity index (χ2n) is 3.63. The zero-order valence-electron chi connectivity index (χ0n) is 9.34. The Morgan fingerprint density at radius 2 is 1.67 bits per heavy atom. The van der Waals surface area contributed by atoms with Gasteiger partial charge in [-0.3, -0.25) is 0 Å². The lowest BCUT2D eigenvalue weighted by Crippen LogP contribution is -2.43. The molecule has 1 atom stereocenters. The molecular formula is C8H12Cl2F6OSi. The predicted molar refractivity (Wildman–Crippen MR) is 59.2 cm³/mol. The second-order valence-corrected chi connectivity index (χ2v) is 11.5. The first-order valence-electron chi connectivity index (χ1n) is 5.03. The third kappa shape index (κ3) is 6.49. The van der Waals surface area contributed by atoms with Gasteiger partial charge >= 0.3 is 12.3 Å². The zero-order chi connectivity index (χ0) is 14.6. The Hall–Kier alpha value is 0.337. The normalized spacial score (nSPS) is 15.8. The molecule has 0 aromatic rings. The maximum Gasteiger partial charge on any atom is 0.428 e. The molecule has 110 valence electrons. The molecule has 0 aromatic heterocycles. The van der Waals surface area contributed by atoms with Crippen molar-refractivity contribution in [3.05, 3.63) is 0 Å². The Bertz CT molecular complexity index is 260. The van der Waals surface area contributed by atoms with Crippen LogP contribution in [0.5, 0.6) is 0 Å². The summed E-state index contributed by atoms with van der Waals surface area (Å²) in [5.74, 6) is 0. The first kappa shape index (κ1) is 18.3. The van der Waals surface area contributed by atoms with Crippen LogP contribution in [0.4, 0.5) is 26.3 Å². The Morgan fingerprint density at radius 1 is 1.17 bits per heavy atom. The highest BCUT2D eigenvalue weighted by Gasteiger charge is 2.58. The fourth-order valence-electron chi connectivity index (χ4n) is 0.980. The Kier molecular flexibility index (Phi) is 6.80. The monoisotopic (exact) mass is 336 g/mol. The minimum Gasteiger partial charge on any atom is -0.318 e. The molecule has 0 rings (SSSR count). The number of hydrogen-bond acceptors (Lipinski definition) is 1. The third-order valence-electron chi connectivity index (χ3n) is 2.08. The lowest BCUT2D eigenvalue weighted by molar-refractivity contribution is -0.335. The van der Waals surface area contributed by atoms with Crippen molar-refractivity contribution in [1.82, 2.24) is 0 Å². The molecule has 1 unspecified atom stereocenters. The Balaban J connectivity index is 4.13. The van der Waals surface area contributed by atoms with E-state index in [9.17, 15) is 26.3 Å². The van der Waals surface area contributed by atoms with E-state index in [1.807, 2.05) is 0 Å². The minimum absolute atomic E-state index is 0.0484. The maximum absolute atomic E-state index is 12.6. The van der Waals surface area contributed by atoms with Crippen molar-refractivity contribution in [2.24, 2.45) is 0 Å². The van der Waals surface area contributed by atoms with Crippen LogP contribution in [0.3, 0.4) is 0 Å². The summed E-state index contributed by atoms with van der Waals surface area (Å²) in [4.78, 5) is 0. The molecule has 0 aromatic carbocycles. The Morgan fingerprint density at radius 3 is 2.06 bits per heavy atom. The molecule has 18 heavy (non-hydrogen) atoms. The van der Waals surface area contributed by atoms with Crippen molar-refractivity contribution in [3.8, 4) is 0 Å². The van der Waals surface area contributed by atoms with Crippen molar-refractivity contribution in [3.63, 3.8) is 0 Å². The molecule has 0 radical (unpaired) electrons. The van der Waals surface area contributed by atoms with Gasteiger partial charge in [-0.2, -0.15) is 22.0 Å². The highest BCUT2D eigenvalue weighted by Crippen LogP contribution is 2.36. The van der Waals surface area contributed by atoms with Crippen molar-refractivity contribution < 1.29 is 31.1 Å². The van der Waals surface area contributed by atoms with Crippen LogP contribution in [0.25, 0.3) is 0 Å². The van der Waals surface area contributed by atoms with Gasteiger partial charge < -0.3 is 4.74 Å². The molecule has 0 N–H and O–H groups in total. The molecule has 0 aliphatic heterocycles. The number of rotatable bonds is 7. The predicted octanol–water partition coefficient (Wildman–Crippen LogP) is 4.83.